The lowest BCUT2D eigenvalue weighted by Gasteiger charge is -2.35. The van der Waals surface area contributed by atoms with Crippen LogP contribution in [0.1, 0.15) is 62.9 Å². The van der Waals surface area contributed by atoms with Gasteiger partial charge in [-0.05, 0) is 81.0 Å². The number of hydrogen-bond acceptors (Lipinski definition) is 7. The van der Waals surface area contributed by atoms with E-state index in [9.17, 15) is 37.0 Å². The maximum atomic E-state index is 14.3. The van der Waals surface area contributed by atoms with Crippen molar-refractivity contribution in [2.75, 3.05) is 20.9 Å². The predicted molar refractivity (Wildman–Crippen MR) is 174 cm³/mol. The van der Waals surface area contributed by atoms with E-state index in [4.69, 9.17) is 4.52 Å². The van der Waals surface area contributed by atoms with Crippen LogP contribution >= 0.6 is 23.8 Å². The lowest BCUT2D eigenvalue weighted by atomic mass is 9.97. The van der Waals surface area contributed by atoms with Crippen LogP contribution in [-0.4, -0.2) is 67.6 Å². The summed E-state index contributed by atoms with van der Waals surface area (Å²) in [7, 11) is -1.90. The van der Waals surface area contributed by atoms with Gasteiger partial charge in [-0.3, -0.25) is 28.0 Å². The minimum Gasteiger partial charge on any atom is -0.330 e. The van der Waals surface area contributed by atoms with Crippen molar-refractivity contribution in [3.05, 3.63) is 97.0 Å². The molecule has 260 valence electrons. The van der Waals surface area contributed by atoms with E-state index in [2.05, 4.69) is 25.6 Å². The number of rotatable bonds is 9. The van der Waals surface area contributed by atoms with Crippen molar-refractivity contribution < 1.29 is 41.3 Å². The SMILES string of the molecule is COP(=O)(O)OCN(C)C(=O)c1ccc(-n2c(=O)c3c(n4ncc(CC5CC5)c24)CN(C(=O)c2ccc(Br)c(C(F)(F)F)c2)[C@H](C)C3)cc1. The molecule has 1 aliphatic carbocycles. The molecule has 1 fully saturated rings. The molecule has 12 nitrogen and oxygen atoms in total. The van der Waals surface area contributed by atoms with Crippen LogP contribution in [0.5, 0.6) is 0 Å². The molecular formula is C32H32BrF3N5O7P. The molecule has 2 atom stereocenters. The number of aromatic nitrogens is 3. The number of amides is 2. The molecule has 1 unspecified atom stereocenters. The quantitative estimate of drug-likeness (QED) is 0.172. The third kappa shape index (κ3) is 6.97. The molecule has 49 heavy (non-hydrogen) atoms. The number of nitrogens with zero attached hydrogens (tertiary/aromatic N) is 5. The Kier molecular flexibility index (Phi) is 9.39. The van der Waals surface area contributed by atoms with Gasteiger partial charge < -0.3 is 14.7 Å². The first kappa shape index (κ1) is 35.0. The monoisotopic (exact) mass is 765 g/mol. The fourth-order valence-corrected chi connectivity index (χ4v) is 6.85. The van der Waals surface area contributed by atoms with Gasteiger partial charge in [-0.15, -0.1) is 0 Å². The zero-order valence-electron chi connectivity index (χ0n) is 26.6. The number of fused-ring (bicyclic) bond motifs is 3. The Balaban J connectivity index is 1.37. The Hall–Kier alpha value is -3.82. The minimum atomic E-state index is -4.66. The predicted octanol–water partition coefficient (Wildman–Crippen LogP) is 5.60. The number of carbonyl (C=O) groups excluding carboxylic acids is 2. The van der Waals surface area contributed by atoms with E-state index in [0.717, 1.165) is 36.5 Å². The summed E-state index contributed by atoms with van der Waals surface area (Å²) >= 11 is 2.92. The topological polar surface area (TPSA) is 136 Å². The molecule has 2 aromatic carbocycles. The van der Waals surface area contributed by atoms with Gasteiger partial charge in [0.25, 0.3) is 17.4 Å². The van der Waals surface area contributed by atoms with Gasteiger partial charge in [0.15, 0.2) is 0 Å². The van der Waals surface area contributed by atoms with Crippen LogP contribution in [-0.2, 0) is 39.2 Å². The molecular weight excluding hydrogens is 734 g/mol. The Bertz CT molecular complexity index is 2060. The van der Waals surface area contributed by atoms with Gasteiger partial charge in [-0.1, -0.05) is 15.9 Å². The van der Waals surface area contributed by atoms with Crippen molar-refractivity contribution in [2.24, 2.45) is 5.92 Å². The molecule has 0 bridgehead atoms. The highest BCUT2D eigenvalue weighted by atomic mass is 79.9. The normalized spacial score (nSPS) is 17.6. The molecule has 0 saturated heterocycles. The highest BCUT2D eigenvalue weighted by Crippen LogP contribution is 2.42. The van der Waals surface area contributed by atoms with Gasteiger partial charge in [0.1, 0.15) is 12.4 Å². The van der Waals surface area contributed by atoms with Crippen molar-refractivity contribution in [3.8, 4) is 5.69 Å². The summed E-state index contributed by atoms with van der Waals surface area (Å²) in [6.45, 7) is 1.19. The van der Waals surface area contributed by atoms with Crippen molar-refractivity contribution in [2.45, 2.75) is 51.4 Å². The lowest BCUT2D eigenvalue weighted by Crippen LogP contribution is -2.46. The smallest absolute Gasteiger partial charge is 0.330 e. The molecule has 6 rings (SSSR count). The molecule has 0 spiro atoms. The first-order valence-corrected chi connectivity index (χ1v) is 17.6. The van der Waals surface area contributed by atoms with E-state index in [0.29, 0.717) is 34.9 Å². The molecule has 1 aliphatic heterocycles. The third-order valence-electron chi connectivity index (χ3n) is 8.80. The fraction of sp³-hybridized carbons (Fsp3) is 0.375. The number of alkyl halides is 3. The summed E-state index contributed by atoms with van der Waals surface area (Å²) in [5.41, 5.74) is 1.51. The van der Waals surface area contributed by atoms with E-state index >= 15 is 0 Å². The molecule has 4 aromatic rings. The molecule has 17 heteroatoms. The zero-order chi connectivity index (χ0) is 35.4. The second-order valence-corrected chi connectivity index (χ2v) is 14.7. The highest BCUT2D eigenvalue weighted by molar-refractivity contribution is 9.10. The minimum absolute atomic E-state index is 0.0461. The molecule has 1 saturated carbocycles. The summed E-state index contributed by atoms with van der Waals surface area (Å²) in [4.78, 5) is 53.0. The highest BCUT2D eigenvalue weighted by Gasteiger charge is 2.37. The van der Waals surface area contributed by atoms with Crippen LogP contribution in [0.15, 0.2) is 57.9 Å². The molecule has 2 amide bonds. The maximum Gasteiger partial charge on any atom is 0.473 e. The van der Waals surface area contributed by atoms with Gasteiger partial charge in [-0.25, -0.2) is 9.08 Å². The summed E-state index contributed by atoms with van der Waals surface area (Å²) < 4.78 is 64.7. The Morgan fingerprint density at radius 2 is 1.82 bits per heavy atom. The first-order valence-electron chi connectivity index (χ1n) is 15.3. The van der Waals surface area contributed by atoms with E-state index in [1.807, 2.05) is 0 Å². The molecule has 2 aliphatic rings. The van der Waals surface area contributed by atoms with Gasteiger partial charge in [0.2, 0.25) is 0 Å². The Morgan fingerprint density at radius 1 is 1.14 bits per heavy atom. The molecule has 3 heterocycles. The number of halogens is 4. The van der Waals surface area contributed by atoms with Gasteiger partial charge in [0, 0.05) is 46.9 Å². The van der Waals surface area contributed by atoms with Crippen molar-refractivity contribution >= 4 is 41.2 Å². The van der Waals surface area contributed by atoms with Crippen LogP contribution in [0.25, 0.3) is 11.3 Å². The molecule has 1 N–H and O–H groups in total. The molecule has 0 radical (unpaired) electrons. The standard InChI is InChI=1S/C32H32BrF3N5O7P/c1-18-12-24-27(16-39(18)30(43)21-8-11-26(33)25(14-21)32(34,35)36)41-28(22(15-37-41)13-19-4-5-19)40(31(24)44)23-9-6-20(7-10-23)29(42)38(2)17-48-49(45,46)47-3/h6-11,14-15,18-19H,4-5,12-13,16-17H2,1-3H3,(H,45,46)/t18-/m1/s1. The molecule has 2 aromatic heterocycles. The summed E-state index contributed by atoms with van der Waals surface area (Å²) in [5, 5.41) is 4.64. The second kappa shape index (κ2) is 13.1. The van der Waals surface area contributed by atoms with Crippen LogP contribution in [0.2, 0.25) is 0 Å². The van der Waals surface area contributed by atoms with Crippen LogP contribution in [0, 0.1) is 5.92 Å². The van der Waals surface area contributed by atoms with Crippen LogP contribution < -0.4 is 5.56 Å². The number of hydrogen-bond donors (Lipinski definition) is 1. The third-order valence-corrected chi connectivity index (χ3v) is 10.4. The van der Waals surface area contributed by atoms with E-state index in [1.165, 1.54) is 36.2 Å². The van der Waals surface area contributed by atoms with E-state index in [1.54, 1.807) is 34.3 Å². The lowest BCUT2D eigenvalue weighted by molar-refractivity contribution is -0.138. The fourth-order valence-electron chi connectivity index (χ4n) is 5.96. The Morgan fingerprint density at radius 3 is 2.45 bits per heavy atom. The van der Waals surface area contributed by atoms with Crippen molar-refractivity contribution in [3.63, 3.8) is 0 Å². The Labute approximate surface area is 286 Å². The van der Waals surface area contributed by atoms with E-state index < -0.39 is 44.1 Å². The number of carbonyl (C=O) groups is 2. The average molecular weight is 767 g/mol. The van der Waals surface area contributed by atoms with Gasteiger partial charge >= 0.3 is 14.0 Å². The second-order valence-electron chi connectivity index (χ2n) is 12.3. The largest absolute Gasteiger partial charge is 0.473 e. The maximum absolute atomic E-state index is 14.3. The summed E-state index contributed by atoms with van der Waals surface area (Å²) in [5.74, 6) is -0.662. The van der Waals surface area contributed by atoms with E-state index in [-0.39, 0.29) is 34.1 Å². The average Bonchev–Trinajstić information content (AvgIpc) is 3.80. The van der Waals surface area contributed by atoms with Crippen LogP contribution in [0.4, 0.5) is 13.2 Å². The van der Waals surface area contributed by atoms with Crippen molar-refractivity contribution in [1.82, 2.24) is 24.0 Å². The number of phosphoric ester groups is 1. The summed E-state index contributed by atoms with van der Waals surface area (Å²) in [6, 6.07) is 9.12. The summed E-state index contributed by atoms with van der Waals surface area (Å²) in [6.07, 6.45) is -0.0608. The zero-order valence-corrected chi connectivity index (χ0v) is 29.1. The number of benzene rings is 2. The first-order chi connectivity index (χ1) is 23.1. The van der Waals surface area contributed by atoms with Gasteiger partial charge in [0.05, 0.1) is 29.7 Å². The van der Waals surface area contributed by atoms with Crippen molar-refractivity contribution in [1.29, 1.82) is 0 Å². The van der Waals surface area contributed by atoms with Gasteiger partial charge in [-0.2, -0.15) is 18.3 Å². The number of phosphoric acid groups is 1. The van der Waals surface area contributed by atoms with Crippen LogP contribution in [0.3, 0.4) is 0 Å².